The van der Waals surface area contributed by atoms with Crippen LogP contribution < -0.4 is 0 Å². The van der Waals surface area contributed by atoms with E-state index in [0.717, 1.165) is 44.8 Å². The van der Waals surface area contributed by atoms with Crippen LogP contribution in [0.5, 0.6) is 0 Å². The van der Waals surface area contributed by atoms with Gasteiger partial charge < -0.3 is 0 Å². The molecule has 0 saturated carbocycles. The van der Waals surface area contributed by atoms with Gasteiger partial charge in [0.2, 0.25) is 0 Å². The number of piperazine rings is 1. The van der Waals surface area contributed by atoms with Gasteiger partial charge in [0.25, 0.3) is 5.69 Å². The van der Waals surface area contributed by atoms with Crippen molar-refractivity contribution < 1.29 is 4.92 Å². The Morgan fingerprint density at radius 2 is 1.31 bits per heavy atom. The maximum absolute atomic E-state index is 10.8. The molecule has 4 rings (SSSR count). The van der Waals surface area contributed by atoms with Crippen LogP contribution in [-0.2, 0) is 13.1 Å². The Balaban J connectivity index is 1.19. The Hall–Kier alpha value is -2.28. The fourth-order valence-corrected chi connectivity index (χ4v) is 4.55. The van der Waals surface area contributed by atoms with Crippen molar-refractivity contribution in [1.82, 2.24) is 14.7 Å². The zero-order chi connectivity index (χ0) is 20.1. The lowest BCUT2D eigenvalue weighted by Gasteiger charge is -2.42. The summed E-state index contributed by atoms with van der Waals surface area (Å²) in [5, 5.41) is 10.8. The molecule has 2 heterocycles. The van der Waals surface area contributed by atoms with Crippen LogP contribution in [-0.4, -0.2) is 64.9 Å². The van der Waals surface area contributed by atoms with E-state index in [-0.39, 0.29) is 10.6 Å². The van der Waals surface area contributed by atoms with Crippen LogP contribution in [0.1, 0.15) is 24.0 Å². The third-order valence-corrected chi connectivity index (χ3v) is 6.28. The topological polar surface area (TPSA) is 52.9 Å². The monoisotopic (exact) mass is 394 g/mol. The lowest BCUT2D eigenvalue weighted by Crippen LogP contribution is -2.52. The quantitative estimate of drug-likeness (QED) is 0.555. The molecular formula is C23H30N4O2. The molecule has 6 nitrogen and oxygen atoms in total. The lowest BCUT2D eigenvalue weighted by atomic mass is 10.0. The number of nitro benzene ring substituents is 1. The van der Waals surface area contributed by atoms with Gasteiger partial charge in [0.15, 0.2) is 0 Å². The van der Waals surface area contributed by atoms with Gasteiger partial charge >= 0.3 is 0 Å². The normalized spacial score (nSPS) is 20.0. The number of nitro groups is 1. The van der Waals surface area contributed by atoms with Crippen LogP contribution in [0.4, 0.5) is 5.69 Å². The zero-order valence-corrected chi connectivity index (χ0v) is 16.9. The predicted molar refractivity (Wildman–Crippen MR) is 115 cm³/mol. The summed E-state index contributed by atoms with van der Waals surface area (Å²) in [6, 6.07) is 18.5. The molecule has 2 fully saturated rings. The molecule has 29 heavy (non-hydrogen) atoms. The van der Waals surface area contributed by atoms with Gasteiger partial charge in [-0.25, -0.2) is 0 Å². The third kappa shape index (κ3) is 5.41. The van der Waals surface area contributed by atoms with Gasteiger partial charge in [-0.1, -0.05) is 42.5 Å². The minimum absolute atomic E-state index is 0.164. The molecule has 0 spiro atoms. The van der Waals surface area contributed by atoms with Gasteiger partial charge in [0, 0.05) is 57.4 Å². The Morgan fingerprint density at radius 3 is 1.90 bits per heavy atom. The summed E-state index contributed by atoms with van der Waals surface area (Å²) in [5.74, 6) is 0. The summed E-state index contributed by atoms with van der Waals surface area (Å²) in [5.41, 5.74) is 2.72. The Kier molecular flexibility index (Phi) is 6.54. The SMILES string of the molecule is O=[N+]([O-])c1ccc(CN2CCN(C3CCN(Cc4ccccc4)CC3)CC2)cc1. The summed E-state index contributed by atoms with van der Waals surface area (Å²) in [7, 11) is 0. The molecule has 0 unspecified atom stereocenters. The molecule has 154 valence electrons. The highest BCUT2D eigenvalue weighted by molar-refractivity contribution is 5.32. The fourth-order valence-electron chi connectivity index (χ4n) is 4.55. The first kappa shape index (κ1) is 20.0. The van der Waals surface area contributed by atoms with Crippen LogP contribution >= 0.6 is 0 Å². The zero-order valence-electron chi connectivity index (χ0n) is 16.9. The van der Waals surface area contributed by atoms with E-state index in [1.807, 2.05) is 12.1 Å². The number of piperidine rings is 1. The first-order valence-electron chi connectivity index (χ1n) is 10.6. The summed E-state index contributed by atoms with van der Waals surface area (Å²) < 4.78 is 0. The smallest absolute Gasteiger partial charge is 0.269 e. The number of hydrogen-bond acceptors (Lipinski definition) is 5. The predicted octanol–water partition coefficient (Wildman–Crippen LogP) is 3.38. The van der Waals surface area contributed by atoms with Crippen LogP contribution in [0.15, 0.2) is 54.6 Å². The van der Waals surface area contributed by atoms with Crippen molar-refractivity contribution in [1.29, 1.82) is 0 Å². The maximum atomic E-state index is 10.8. The number of rotatable bonds is 6. The van der Waals surface area contributed by atoms with E-state index in [0.29, 0.717) is 6.04 Å². The Bertz CT molecular complexity index is 780. The van der Waals surface area contributed by atoms with Crippen LogP contribution in [0.3, 0.4) is 0 Å². The summed E-state index contributed by atoms with van der Waals surface area (Å²) >= 11 is 0. The van der Waals surface area contributed by atoms with E-state index in [1.54, 1.807) is 12.1 Å². The average Bonchev–Trinajstić information content (AvgIpc) is 2.76. The van der Waals surface area contributed by atoms with Crippen LogP contribution in [0.25, 0.3) is 0 Å². The molecule has 2 saturated heterocycles. The van der Waals surface area contributed by atoms with Crippen molar-refractivity contribution in [3.8, 4) is 0 Å². The molecule has 0 atom stereocenters. The largest absolute Gasteiger partial charge is 0.299 e. The Morgan fingerprint density at radius 1 is 0.759 bits per heavy atom. The standard InChI is InChI=1S/C23H30N4O2/c28-27(29)23-8-6-21(7-9-23)19-25-14-16-26(17-15-25)22-10-12-24(13-11-22)18-20-4-2-1-3-5-20/h1-9,22H,10-19H2. The lowest BCUT2D eigenvalue weighted by molar-refractivity contribution is -0.384. The van der Waals surface area contributed by atoms with Gasteiger partial charge in [0.05, 0.1) is 4.92 Å². The molecule has 6 heteroatoms. The molecule has 2 aliphatic heterocycles. The van der Waals surface area contributed by atoms with Gasteiger partial charge in [-0.05, 0) is 37.1 Å². The molecule has 0 amide bonds. The van der Waals surface area contributed by atoms with Gasteiger partial charge in [-0.2, -0.15) is 0 Å². The molecule has 0 aliphatic carbocycles. The molecule has 2 aliphatic rings. The average molecular weight is 395 g/mol. The number of hydrogen-bond donors (Lipinski definition) is 0. The minimum Gasteiger partial charge on any atom is -0.299 e. The number of non-ortho nitro benzene ring substituents is 1. The molecule has 0 radical (unpaired) electrons. The number of likely N-dealkylation sites (tertiary alicyclic amines) is 1. The van der Waals surface area contributed by atoms with E-state index in [9.17, 15) is 10.1 Å². The summed E-state index contributed by atoms with van der Waals surface area (Å²) in [6.45, 7) is 8.69. The second-order valence-corrected chi connectivity index (χ2v) is 8.23. The van der Waals surface area contributed by atoms with E-state index in [2.05, 4.69) is 45.0 Å². The fraction of sp³-hybridized carbons (Fsp3) is 0.478. The summed E-state index contributed by atoms with van der Waals surface area (Å²) in [4.78, 5) is 18.2. The molecule has 0 bridgehead atoms. The van der Waals surface area contributed by atoms with Crippen molar-refractivity contribution in [3.05, 3.63) is 75.8 Å². The van der Waals surface area contributed by atoms with Crippen molar-refractivity contribution in [2.45, 2.75) is 32.0 Å². The van der Waals surface area contributed by atoms with Gasteiger partial charge in [-0.15, -0.1) is 0 Å². The number of benzene rings is 2. The molecule has 0 N–H and O–H groups in total. The summed E-state index contributed by atoms with van der Waals surface area (Å²) in [6.07, 6.45) is 2.52. The molecule has 2 aromatic carbocycles. The van der Waals surface area contributed by atoms with Gasteiger partial charge in [-0.3, -0.25) is 24.8 Å². The van der Waals surface area contributed by atoms with Crippen molar-refractivity contribution in [2.24, 2.45) is 0 Å². The molecule has 0 aromatic heterocycles. The minimum atomic E-state index is -0.340. The highest BCUT2D eigenvalue weighted by Gasteiger charge is 2.27. The first-order valence-corrected chi connectivity index (χ1v) is 10.6. The van der Waals surface area contributed by atoms with E-state index >= 15 is 0 Å². The van der Waals surface area contributed by atoms with Crippen LogP contribution in [0, 0.1) is 10.1 Å². The van der Waals surface area contributed by atoms with Crippen molar-refractivity contribution in [3.63, 3.8) is 0 Å². The maximum Gasteiger partial charge on any atom is 0.269 e. The van der Waals surface area contributed by atoms with Crippen LogP contribution in [0.2, 0.25) is 0 Å². The highest BCUT2D eigenvalue weighted by Crippen LogP contribution is 2.21. The third-order valence-electron chi connectivity index (χ3n) is 6.28. The van der Waals surface area contributed by atoms with Crippen molar-refractivity contribution in [2.75, 3.05) is 39.3 Å². The Labute approximate surface area is 172 Å². The molecule has 2 aromatic rings. The first-order chi connectivity index (χ1) is 14.2. The second kappa shape index (κ2) is 9.48. The van der Waals surface area contributed by atoms with Crippen molar-refractivity contribution >= 4 is 5.69 Å². The van der Waals surface area contributed by atoms with Gasteiger partial charge in [0.1, 0.15) is 0 Å². The second-order valence-electron chi connectivity index (χ2n) is 8.23. The van der Waals surface area contributed by atoms with E-state index < -0.39 is 0 Å². The van der Waals surface area contributed by atoms with E-state index in [1.165, 1.54) is 31.5 Å². The highest BCUT2D eigenvalue weighted by atomic mass is 16.6. The number of nitrogens with zero attached hydrogens (tertiary/aromatic N) is 4. The molecular weight excluding hydrogens is 364 g/mol. The van der Waals surface area contributed by atoms with E-state index in [4.69, 9.17) is 0 Å².